The highest BCUT2D eigenvalue weighted by atomic mass is 16.2. The van der Waals surface area contributed by atoms with Crippen molar-refractivity contribution in [2.24, 2.45) is 0 Å². The van der Waals surface area contributed by atoms with E-state index in [0.29, 0.717) is 29.2 Å². The van der Waals surface area contributed by atoms with Gasteiger partial charge in [0.25, 0.3) is 5.91 Å². The summed E-state index contributed by atoms with van der Waals surface area (Å²) in [5.74, 6) is -0.401. The fourth-order valence-electron chi connectivity index (χ4n) is 1.89. The minimum absolute atomic E-state index is 0.0563. The lowest BCUT2D eigenvalue weighted by molar-refractivity contribution is 0.100. The summed E-state index contributed by atoms with van der Waals surface area (Å²) in [5.41, 5.74) is 7.49. The van der Waals surface area contributed by atoms with Crippen LogP contribution in [0.5, 0.6) is 0 Å². The summed E-state index contributed by atoms with van der Waals surface area (Å²) >= 11 is 0. The van der Waals surface area contributed by atoms with E-state index in [9.17, 15) is 9.59 Å². The van der Waals surface area contributed by atoms with Gasteiger partial charge in [-0.3, -0.25) is 14.3 Å². The zero-order chi connectivity index (χ0) is 14.7. The van der Waals surface area contributed by atoms with E-state index in [2.05, 4.69) is 10.4 Å². The molecule has 0 fully saturated rings. The van der Waals surface area contributed by atoms with Gasteiger partial charge < -0.3 is 11.1 Å². The fourth-order valence-corrected chi connectivity index (χ4v) is 1.89. The summed E-state index contributed by atoms with van der Waals surface area (Å²) in [6.07, 6.45) is 1.45. The molecule has 1 aromatic heterocycles. The van der Waals surface area contributed by atoms with E-state index >= 15 is 0 Å². The second-order valence-corrected chi connectivity index (χ2v) is 4.36. The first-order valence-electron chi connectivity index (χ1n) is 6.26. The van der Waals surface area contributed by atoms with Gasteiger partial charge in [-0.2, -0.15) is 5.10 Å². The molecule has 0 atom stereocenters. The van der Waals surface area contributed by atoms with Crippen LogP contribution >= 0.6 is 0 Å². The van der Waals surface area contributed by atoms with Crippen LogP contribution in [0.2, 0.25) is 0 Å². The third-order valence-electron chi connectivity index (χ3n) is 2.91. The number of nitrogen functional groups attached to an aromatic ring is 1. The zero-order valence-corrected chi connectivity index (χ0v) is 11.4. The van der Waals surface area contributed by atoms with Crippen LogP contribution in [0.15, 0.2) is 30.5 Å². The van der Waals surface area contributed by atoms with Gasteiger partial charge >= 0.3 is 0 Å². The molecule has 0 spiro atoms. The van der Waals surface area contributed by atoms with Gasteiger partial charge in [0, 0.05) is 17.8 Å². The van der Waals surface area contributed by atoms with Crippen molar-refractivity contribution in [2.75, 3.05) is 11.1 Å². The van der Waals surface area contributed by atoms with E-state index in [1.54, 1.807) is 24.3 Å². The Hall–Kier alpha value is -2.63. The molecular weight excluding hydrogens is 256 g/mol. The number of hydrogen-bond acceptors (Lipinski definition) is 4. The molecule has 0 unspecified atom stereocenters. The number of ketones is 1. The van der Waals surface area contributed by atoms with Crippen molar-refractivity contribution in [2.45, 2.75) is 20.4 Å². The number of Topliss-reactive ketones (excluding diaryl/α,β-unsaturated/α-hetero) is 1. The summed E-state index contributed by atoms with van der Waals surface area (Å²) in [6.45, 7) is 3.90. The maximum atomic E-state index is 12.2. The van der Waals surface area contributed by atoms with Gasteiger partial charge in [-0.15, -0.1) is 0 Å². The first-order valence-corrected chi connectivity index (χ1v) is 6.26. The van der Waals surface area contributed by atoms with Gasteiger partial charge in [-0.05, 0) is 26.0 Å². The lowest BCUT2D eigenvalue weighted by Crippen LogP contribution is -2.19. The molecule has 0 aliphatic carbocycles. The number of benzene rings is 1. The second kappa shape index (κ2) is 5.56. The molecule has 1 heterocycles. The molecule has 104 valence electrons. The van der Waals surface area contributed by atoms with Gasteiger partial charge in [-0.1, -0.05) is 12.1 Å². The number of carbonyl (C=O) groups excluding carboxylic acids is 2. The predicted molar refractivity (Wildman–Crippen MR) is 76.7 cm³/mol. The third-order valence-corrected chi connectivity index (χ3v) is 2.91. The number of hydrogen-bond donors (Lipinski definition) is 2. The second-order valence-electron chi connectivity index (χ2n) is 4.36. The van der Waals surface area contributed by atoms with E-state index < -0.39 is 0 Å². The van der Waals surface area contributed by atoms with Gasteiger partial charge in [-0.25, -0.2) is 0 Å². The van der Waals surface area contributed by atoms with E-state index in [1.807, 2.05) is 6.92 Å². The Morgan fingerprint density at radius 3 is 2.80 bits per heavy atom. The highest BCUT2D eigenvalue weighted by molar-refractivity contribution is 6.07. The monoisotopic (exact) mass is 272 g/mol. The molecule has 0 saturated carbocycles. The average Bonchev–Trinajstić information content (AvgIpc) is 2.80. The van der Waals surface area contributed by atoms with Gasteiger partial charge in [0.1, 0.15) is 5.69 Å². The van der Waals surface area contributed by atoms with Crippen LogP contribution in [0.25, 0.3) is 0 Å². The van der Waals surface area contributed by atoms with Crippen molar-refractivity contribution >= 4 is 23.1 Å². The van der Waals surface area contributed by atoms with E-state index in [-0.39, 0.29) is 11.7 Å². The number of nitrogens with zero attached hydrogens (tertiary/aromatic N) is 2. The molecule has 6 nitrogen and oxygen atoms in total. The number of nitrogens with one attached hydrogen (secondary N) is 1. The molecule has 3 N–H and O–H groups in total. The quantitative estimate of drug-likeness (QED) is 0.832. The number of nitrogens with two attached hydrogens (primary N) is 1. The average molecular weight is 272 g/mol. The number of anilines is 2. The van der Waals surface area contributed by atoms with Gasteiger partial charge in [0.15, 0.2) is 5.78 Å². The van der Waals surface area contributed by atoms with E-state index in [0.717, 1.165) is 0 Å². The lowest BCUT2D eigenvalue weighted by Gasteiger charge is -2.08. The highest BCUT2D eigenvalue weighted by Crippen LogP contribution is 2.16. The smallest absolute Gasteiger partial charge is 0.276 e. The van der Waals surface area contributed by atoms with Crippen molar-refractivity contribution in [3.05, 3.63) is 41.7 Å². The Morgan fingerprint density at radius 2 is 2.15 bits per heavy atom. The maximum absolute atomic E-state index is 12.2. The molecule has 6 heteroatoms. The Bertz CT molecular complexity index is 661. The van der Waals surface area contributed by atoms with Crippen LogP contribution in [0.4, 0.5) is 11.4 Å². The Morgan fingerprint density at radius 1 is 1.40 bits per heavy atom. The molecule has 0 aliphatic rings. The van der Waals surface area contributed by atoms with Crippen LogP contribution in [-0.2, 0) is 6.54 Å². The SMILES string of the molecule is CCn1ncc(N)c1C(=O)Nc1cccc(C(C)=O)c1. The van der Waals surface area contributed by atoms with E-state index in [4.69, 9.17) is 5.73 Å². The molecule has 0 bridgehead atoms. The standard InChI is InChI=1S/C14H16N4O2/c1-3-18-13(12(15)8-16-18)14(20)17-11-6-4-5-10(7-11)9(2)19/h4-8H,3,15H2,1-2H3,(H,17,20). The number of aryl methyl sites for hydroxylation is 1. The summed E-state index contributed by atoms with van der Waals surface area (Å²) in [7, 11) is 0. The minimum atomic E-state index is -0.345. The normalized spacial score (nSPS) is 10.3. The van der Waals surface area contributed by atoms with Crippen molar-refractivity contribution in [3.63, 3.8) is 0 Å². The number of aromatic nitrogens is 2. The molecule has 2 rings (SSSR count). The predicted octanol–water partition coefficient (Wildman–Crippen LogP) is 1.94. The molecule has 1 amide bonds. The largest absolute Gasteiger partial charge is 0.396 e. The highest BCUT2D eigenvalue weighted by Gasteiger charge is 2.16. The first-order chi connectivity index (χ1) is 9.52. The summed E-state index contributed by atoms with van der Waals surface area (Å²) < 4.78 is 1.53. The molecule has 0 saturated heterocycles. The van der Waals surface area contributed by atoms with Crippen LogP contribution in [0, 0.1) is 0 Å². The van der Waals surface area contributed by atoms with Crippen molar-refractivity contribution in [1.82, 2.24) is 9.78 Å². The number of rotatable bonds is 4. The Kier molecular flexibility index (Phi) is 3.84. The van der Waals surface area contributed by atoms with Crippen LogP contribution in [0.1, 0.15) is 34.7 Å². The third kappa shape index (κ3) is 2.69. The lowest BCUT2D eigenvalue weighted by atomic mass is 10.1. The minimum Gasteiger partial charge on any atom is -0.396 e. The van der Waals surface area contributed by atoms with Crippen molar-refractivity contribution in [1.29, 1.82) is 0 Å². The Labute approximate surface area is 116 Å². The number of carbonyl (C=O) groups is 2. The van der Waals surface area contributed by atoms with E-state index in [1.165, 1.54) is 17.8 Å². The van der Waals surface area contributed by atoms with Crippen LogP contribution in [0.3, 0.4) is 0 Å². The van der Waals surface area contributed by atoms with Crippen LogP contribution in [-0.4, -0.2) is 21.5 Å². The summed E-state index contributed by atoms with van der Waals surface area (Å²) in [6, 6.07) is 6.76. The molecular formula is C14H16N4O2. The molecule has 0 radical (unpaired) electrons. The summed E-state index contributed by atoms with van der Waals surface area (Å²) in [5, 5.41) is 6.74. The maximum Gasteiger partial charge on any atom is 0.276 e. The first kappa shape index (κ1) is 13.8. The summed E-state index contributed by atoms with van der Waals surface area (Å²) in [4.78, 5) is 23.5. The number of amides is 1. The van der Waals surface area contributed by atoms with Gasteiger partial charge in [0.2, 0.25) is 0 Å². The molecule has 0 aliphatic heterocycles. The van der Waals surface area contributed by atoms with Crippen LogP contribution < -0.4 is 11.1 Å². The fraction of sp³-hybridized carbons (Fsp3) is 0.214. The van der Waals surface area contributed by atoms with Crippen molar-refractivity contribution < 1.29 is 9.59 Å². The Balaban J connectivity index is 2.25. The molecule has 2 aromatic rings. The molecule has 20 heavy (non-hydrogen) atoms. The topological polar surface area (TPSA) is 90.0 Å². The van der Waals surface area contributed by atoms with Crippen molar-refractivity contribution in [3.8, 4) is 0 Å². The molecule has 1 aromatic carbocycles. The van der Waals surface area contributed by atoms with Gasteiger partial charge in [0.05, 0.1) is 11.9 Å². The zero-order valence-electron chi connectivity index (χ0n) is 11.4.